The number of hydrogen-bond acceptors (Lipinski definition) is 3. The summed E-state index contributed by atoms with van der Waals surface area (Å²) >= 11 is 5.85. The van der Waals surface area contributed by atoms with Crippen molar-refractivity contribution in [3.63, 3.8) is 0 Å². The smallest absolute Gasteiger partial charge is 0.228 e. The third-order valence-electron chi connectivity index (χ3n) is 3.41. The Morgan fingerprint density at radius 1 is 1.48 bits per heavy atom. The van der Waals surface area contributed by atoms with Gasteiger partial charge in [-0.2, -0.15) is 0 Å². The molecular weight excluding hydrogens is 319 g/mol. The average molecular weight is 335 g/mol. The number of benzene rings is 1. The summed E-state index contributed by atoms with van der Waals surface area (Å²) in [7, 11) is -3.30. The molecule has 21 heavy (non-hydrogen) atoms. The van der Waals surface area contributed by atoms with Gasteiger partial charge >= 0.3 is 0 Å². The fourth-order valence-electron chi connectivity index (χ4n) is 2.28. The third kappa shape index (κ3) is 4.15. The summed E-state index contributed by atoms with van der Waals surface area (Å²) in [5, 5.41) is 2.73. The van der Waals surface area contributed by atoms with Crippen LogP contribution in [-0.2, 0) is 14.8 Å². The molecular formula is C13H16ClFN2O3S. The van der Waals surface area contributed by atoms with Crippen molar-refractivity contribution >= 4 is 33.2 Å². The van der Waals surface area contributed by atoms with Gasteiger partial charge in [0.05, 0.1) is 22.9 Å². The second kappa shape index (κ2) is 6.29. The summed E-state index contributed by atoms with van der Waals surface area (Å²) in [5.74, 6) is -1.23. The molecule has 116 valence electrons. The first-order chi connectivity index (χ1) is 9.77. The fraction of sp³-hybridized carbons (Fsp3) is 0.462. The Kier molecular flexibility index (Phi) is 4.85. The number of halogens is 2. The van der Waals surface area contributed by atoms with Crippen molar-refractivity contribution in [2.24, 2.45) is 5.92 Å². The Bertz CT molecular complexity index is 651. The van der Waals surface area contributed by atoms with E-state index in [1.54, 1.807) is 0 Å². The molecule has 1 aliphatic rings. The minimum Gasteiger partial charge on any atom is -0.324 e. The zero-order valence-corrected chi connectivity index (χ0v) is 13.0. The van der Waals surface area contributed by atoms with E-state index < -0.39 is 21.8 Å². The van der Waals surface area contributed by atoms with Gasteiger partial charge in [0.2, 0.25) is 15.9 Å². The molecule has 0 aliphatic carbocycles. The number of sulfonamides is 1. The van der Waals surface area contributed by atoms with Gasteiger partial charge in [-0.1, -0.05) is 11.6 Å². The Morgan fingerprint density at radius 2 is 2.19 bits per heavy atom. The van der Waals surface area contributed by atoms with E-state index >= 15 is 0 Å². The molecule has 8 heteroatoms. The second-order valence-electron chi connectivity index (χ2n) is 5.07. The highest BCUT2D eigenvalue weighted by Crippen LogP contribution is 2.25. The minimum absolute atomic E-state index is 0.110. The Balaban J connectivity index is 2.06. The molecule has 0 radical (unpaired) electrons. The van der Waals surface area contributed by atoms with Gasteiger partial charge in [0.25, 0.3) is 0 Å². The van der Waals surface area contributed by atoms with Crippen LogP contribution in [0.15, 0.2) is 18.2 Å². The molecule has 5 nitrogen and oxygen atoms in total. The molecule has 0 saturated carbocycles. The van der Waals surface area contributed by atoms with Crippen molar-refractivity contribution in [1.82, 2.24) is 4.31 Å². The molecule has 0 unspecified atom stereocenters. The van der Waals surface area contributed by atoms with E-state index in [0.29, 0.717) is 25.1 Å². The first kappa shape index (κ1) is 16.2. The molecule has 2 rings (SSSR count). The maximum atomic E-state index is 13.0. The molecule has 1 aliphatic heterocycles. The predicted molar refractivity (Wildman–Crippen MR) is 79.2 cm³/mol. The van der Waals surface area contributed by atoms with Crippen LogP contribution in [0, 0.1) is 11.7 Å². The summed E-state index contributed by atoms with van der Waals surface area (Å²) in [6, 6.07) is 3.69. The molecule has 1 heterocycles. The van der Waals surface area contributed by atoms with Crippen LogP contribution in [0.1, 0.15) is 12.8 Å². The number of nitrogens with one attached hydrogen (secondary N) is 1. The summed E-state index contributed by atoms with van der Waals surface area (Å²) in [4.78, 5) is 12.2. The van der Waals surface area contributed by atoms with Gasteiger partial charge in [-0.25, -0.2) is 17.1 Å². The van der Waals surface area contributed by atoms with Gasteiger partial charge in [-0.3, -0.25) is 4.79 Å². The second-order valence-corrected chi connectivity index (χ2v) is 7.46. The number of carbonyl (C=O) groups excluding carboxylic acids is 1. The number of amides is 1. The van der Waals surface area contributed by atoms with Crippen molar-refractivity contribution in [2.45, 2.75) is 12.8 Å². The van der Waals surface area contributed by atoms with E-state index in [9.17, 15) is 17.6 Å². The van der Waals surface area contributed by atoms with E-state index in [0.717, 1.165) is 12.3 Å². The Morgan fingerprint density at radius 3 is 2.81 bits per heavy atom. The molecule has 1 N–H and O–H groups in total. The number of nitrogens with zero attached hydrogens (tertiary/aromatic N) is 1. The first-order valence-electron chi connectivity index (χ1n) is 6.48. The molecule has 1 aromatic carbocycles. The first-order valence-corrected chi connectivity index (χ1v) is 8.71. The predicted octanol–water partition coefficient (Wildman–Crippen LogP) is 2.09. The van der Waals surface area contributed by atoms with Gasteiger partial charge in [-0.15, -0.1) is 0 Å². The van der Waals surface area contributed by atoms with E-state index in [-0.39, 0.29) is 17.5 Å². The van der Waals surface area contributed by atoms with Crippen LogP contribution in [-0.4, -0.2) is 38.0 Å². The van der Waals surface area contributed by atoms with Gasteiger partial charge in [0.15, 0.2) is 0 Å². The molecule has 1 atom stereocenters. The summed E-state index contributed by atoms with van der Waals surface area (Å²) in [6.45, 7) is 0.587. The van der Waals surface area contributed by atoms with E-state index in [1.807, 2.05) is 0 Å². The zero-order valence-electron chi connectivity index (χ0n) is 11.5. The molecule has 1 saturated heterocycles. The summed E-state index contributed by atoms with van der Waals surface area (Å²) < 4.78 is 37.3. The van der Waals surface area contributed by atoms with Crippen LogP contribution in [0.2, 0.25) is 5.02 Å². The highest BCUT2D eigenvalue weighted by molar-refractivity contribution is 7.88. The maximum Gasteiger partial charge on any atom is 0.228 e. The lowest BCUT2D eigenvalue weighted by Crippen LogP contribution is -2.43. The zero-order chi connectivity index (χ0) is 15.6. The number of rotatable bonds is 3. The molecule has 0 aromatic heterocycles. The van der Waals surface area contributed by atoms with Gasteiger partial charge < -0.3 is 5.32 Å². The van der Waals surface area contributed by atoms with E-state index in [4.69, 9.17) is 11.6 Å². The quantitative estimate of drug-likeness (QED) is 0.920. The maximum absolute atomic E-state index is 13.0. The van der Waals surface area contributed by atoms with Crippen molar-refractivity contribution < 1.29 is 17.6 Å². The van der Waals surface area contributed by atoms with Gasteiger partial charge in [0.1, 0.15) is 5.82 Å². The highest BCUT2D eigenvalue weighted by atomic mass is 35.5. The lowest BCUT2D eigenvalue weighted by atomic mass is 9.98. The lowest BCUT2D eigenvalue weighted by molar-refractivity contribution is -0.120. The lowest BCUT2D eigenvalue weighted by Gasteiger charge is -2.30. The highest BCUT2D eigenvalue weighted by Gasteiger charge is 2.30. The van der Waals surface area contributed by atoms with Crippen molar-refractivity contribution in [1.29, 1.82) is 0 Å². The monoisotopic (exact) mass is 334 g/mol. The average Bonchev–Trinajstić information content (AvgIpc) is 2.41. The van der Waals surface area contributed by atoms with Crippen LogP contribution >= 0.6 is 11.6 Å². The van der Waals surface area contributed by atoms with Crippen LogP contribution in [0.3, 0.4) is 0 Å². The number of carbonyl (C=O) groups is 1. The Hall–Kier alpha value is -1.18. The normalized spacial score (nSPS) is 20.2. The largest absolute Gasteiger partial charge is 0.324 e. The Labute approximate surface area is 128 Å². The van der Waals surface area contributed by atoms with Crippen LogP contribution in [0.5, 0.6) is 0 Å². The standard InChI is InChI=1S/C13H16ClFN2O3S/c1-21(19,20)17-6-2-3-9(8-17)13(18)16-12-5-4-10(15)7-11(12)14/h4-5,7,9H,2-3,6,8H2,1H3,(H,16,18)/t9-/m0/s1. The van der Waals surface area contributed by atoms with Gasteiger partial charge in [-0.05, 0) is 31.0 Å². The molecule has 0 spiro atoms. The van der Waals surface area contributed by atoms with Crippen molar-refractivity contribution in [2.75, 3.05) is 24.7 Å². The third-order valence-corrected chi connectivity index (χ3v) is 5.00. The molecule has 1 aromatic rings. The van der Waals surface area contributed by atoms with Gasteiger partial charge in [0, 0.05) is 13.1 Å². The van der Waals surface area contributed by atoms with Crippen molar-refractivity contribution in [3.05, 3.63) is 29.0 Å². The SMILES string of the molecule is CS(=O)(=O)N1CCC[C@H](C(=O)Nc2ccc(F)cc2Cl)C1. The molecule has 0 bridgehead atoms. The van der Waals surface area contributed by atoms with Crippen LogP contribution in [0.25, 0.3) is 0 Å². The number of piperidine rings is 1. The molecule has 1 amide bonds. The van der Waals surface area contributed by atoms with Crippen molar-refractivity contribution in [3.8, 4) is 0 Å². The van der Waals surface area contributed by atoms with Crippen LogP contribution in [0.4, 0.5) is 10.1 Å². The number of hydrogen-bond donors (Lipinski definition) is 1. The fourth-order valence-corrected chi connectivity index (χ4v) is 3.41. The molecule has 1 fully saturated rings. The summed E-state index contributed by atoms with van der Waals surface area (Å²) in [5.41, 5.74) is 0.319. The van der Waals surface area contributed by atoms with E-state index in [1.165, 1.54) is 16.4 Å². The number of anilines is 1. The summed E-state index contributed by atoms with van der Waals surface area (Å²) in [6.07, 6.45) is 2.36. The van der Waals surface area contributed by atoms with E-state index in [2.05, 4.69) is 5.32 Å². The minimum atomic E-state index is -3.30. The topological polar surface area (TPSA) is 66.5 Å². The van der Waals surface area contributed by atoms with Crippen LogP contribution < -0.4 is 5.32 Å².